The highest BCUT2D eigenvalue weighted by atomic mass is 16.2. The second-order valence-corrected chi connectivity index (χ2v) is 6.57. The number of carbonyl (C=O) groups excluding carboxylic acids is 4. The first-order valence-corrected chi connectivity index (χ1v) is 8.27. The van der Waals surface area contributed by atoms with Gasteiger partial charge in [0, 0.05) is 26.6 Å². The maximum Gasteiger partial charge on any atom is 0.264 e. The minimum atomic E-state index is -0.936. The highest BCUT2D eigenvalue weighted by Gasteiger charge is 2.46. The lowest BCUT2D eigenvalue weighted by Crippen LogP contribution is -2.56. The normalized spacial score (nSPS) is 23.4. The summed E-state index contributed by atoms with van der Waals surface area (Å²) in [4.78, 5) is 52.2. The van der Waals surface area contributed by atoms with E-state index in [1.807, 2.05) is 18.0 Å². The van der Waals surface area contributed by atoms with Gasteiger partial charge < -0.3 is 10.2 Å². The summed E-state index contributed by atoms with van der Waals surface area (Å²) in [5, 5.41) is 5.39. The molecular weight excluding hydrogens is 324 g/mol. The predicted octanol–water partition coefficient (Wildman–Crippen LogP) is -0.504. The van der Waals surface area contributed by atoms with Gasteiger partial charge in [-0.05, 0) is 18.6 Å². The minimum Gasteiger partial charge on any atom is -0.368 e. The Bertz CT molecular complexity index is 802. The van der Waals surface area contributed by atoms with E-state index in [0.29, 0.717) is 16.8 Å². The van der Waals surface area contributed by atoms with Crippen molar-refractivity contribution in [1.29, 1.82) is 0 Å². The van der Waals surface area contributed by atoms with Crippen molar-refractivity contribution in [2.75, 3.05) is 25.0 Å². The molecule has 0 bridgehead atoms. The molecule has 3 heterocycles. The number of likely N-dealkylation sites (N-methyl/N-ethyl adjacent to an activating group) is 1. The third-order valence-electron chi connectivity index (χ3n) is 5.13. The summed E-state index contributed by atoms with van der Waals surface area (Å²) in [7, 11) is 1.90. The van der Waals surface area contributed by atoms with E-state index in [4.69, 9.17) is 0 Å². The fourth-order valence-corrected chi connectivity index (χ4v) is 3.54. The molecule has 1 unspecified atom stereocenters. The summed E-state index contributed by atoms with van der Waals surface area (Å²) in [6.07, 6.45) is 0.276. The number of benzene rings is 1. The zero-order valence-corrected chi connectivity index (χ0v) is 13.7. The van der Waals surface area contributed by atoms with Gasteiger partial charge in [0.05, 0.1) is 22.9 Å². The van der Waals surface area contributed by atoms with Crippen LogP contribution in [0.3, 0.4) is 0 Å². The molecule has 0 saturated carbocycles. The van der Waals surface area contributed by atoms with Gasteiger partial charge in [0.1, 0.15) is 6.04 Å². The SMILES string of the molecule is CN(c1cccc2c1C(=O)N(C1CCC(=O)NC1=O)C2=O)C1CNC1. The molecular formula is C17H18N4O4. The van der Waals surface area contributed by atoms with Gasteiger partial charge in [-0.25, -0.2) is 0 Å². The molecule has 3 aliphatic heterocycles. The summed E-state index contributed by atoms with van der Waals surface area (Å²) >= 11 is 0. The number of rotatable bonds is 3. The molecule has 2 N–H and O–H groups in total. The van der Waals surface area contributed by atoms with E-state index < -0.39 is 23.8 Å². The second-order valence-electron chi connectivity index (χ2n) is 6.57. The fraction of sp³-hybridized carbons (Fsp3) is 0.412. The molecule has 0 radical (unpaired) electrons. The standard InChI is InChI=1S/C17H18N4O4/c1-20(9-7-18-8-9)11-4-2-3-10-14(11)17(25)21(16(10)24)12-5-6-13(22)19-15(12)23/h2-4,9,12,18H,5-8H2,1H3,(H,19,22,23). The lowest BCUT2D eigenvalue weighted by Gasteiger charge is -2.37. The highest BCUT2D eigenvalue weighted by Crippen LogP contribution is 2.34. The van der Waals surface area contributed by atoms with Crippen molar-refractivity contribution in [3.05, 3.63) is 29.3 Å². The Kier molecular flexibility index (Phi) is 3.57. The second kappa shape index (κ2) is 5.66. The van der Waals surface area contributed by atoms with Gasteiger partial charge >= 0.3 is 0 Å². The van der Waals surface area contributed by atoms with Crippen LogP contribution in [0.25, 0.3) is 0 Å². The van der Waals surface area contributed by atoms with E-state index in [2.05, 4.69) is 10.6 Å². The zero-order chi connectivity index (χ0) is 17.7. The third kappa shape index (κ3) is 2.32. The average Bonchev–Trinajstić information content (AvgIpc) is 2.78. The molecule has 4 rings (SSSR count). The molecule has 0 aliphatic carbocycles. The van der Waals surface area contributed by atoms with Gasteiger partial charge in [-0.2, -0.15) is 0 Å². The third-order valence-corrected chi connectivity index (χ3v) is 5.13. The number of nitrogens with one attached hydrogen (secondary N) is 2. The average molecular weight is 342 g/mol. The van der Waals surface area contributed by atoms with Crippen LogP contribution in [0.1, 0.15) is 33.6 Å². The van der Waals surface area contributed by atoms with E-state index in [-0.39, 0.29) is 24.8 Å². The van der Waals surface area contributed by atoms with Gasteiger partial charge in [-0.3, -0.25) is 29.4 Å². The first kappa shape index (κ1) is 15.8. The minimum absolute atomic E-state index is 0.115. The molecule has 1 atom stereocenters. The Labute approximate surface area is 144 Å². The largest absolute Gasteiger partial charge is 0.368 e. The first-order valence-electron chi connectivity index (χ1n) is 8.27. The van der Waals surface area contributed by atoms with Crippen molar-refractivity contribution >= 4 is 29.3 Å². The smallest absolute Gasteiger partial charge is 0.264 e. The Morgan fingerprint density at radius 3 is 2.52 bits per heavy atom. The number of imide groups is 2. The van der Waals surface area contributed by atoms with E-state index >= 15 is 0 Å². The van der Waals surface area contributed by atoms with Gasteiger partial charge in [0.2, 0.25) is 11.8 Å². The molecule has 4 amide bonds. The zero-order valence-electron chi connectivity index (χ0n) is 13.7. The molecule has 0 spiro atoms. The van der Waals surface area contributed by atoms with Gasteiger partial charge in [-0.15, -0.1) is 0 Å². The number of carbonyl (C=O) groups is 4. The van der Waals surface area contributed by atoms with Crippen LogP contribution in [-0.4, -0.2) is 60.7 Å². The van der Waals surface area contributed by atoms with Gasteiger partial charge in [-0.1, -0.05) is 6.07 Å². The molecule has 130 valence electrons. The Morgan fingerprint density at radius 1 is 1.12 bits per heavy atom. The molecule has 0 aromatic heterocycles. The van der Waals surface area contributed by atoms with Crippen molar-refractivity contribution in [3.8, 4) is 0 Å². The summed E-state index contributed by atoms with van der Waals surface area (Å²) in [6, 6.07) is 4.50. The quantitative estimate of drug-likeness (QED) is 0.719. The van der Waals surface area contributed by atoms with Crippen LogP contribution in [0.4, 0.5) is 5.69 Å². The molecule has 3 aliphatic rings. The van der Waals surface area contributed by atoms with E-state index in [9.17, 15) is 19.2 Å². The molecule has 1 aromatic rings. The van der Waals surface area contributed by atoms with Gasteiger partial charge in [0.15, 0.2) is 0 Å². The summed E-state index contributed by atoms with van der Waals surface area (Å²) in [6.45, 7) is 1.64. The van der Waals surface area contributed by atoms with E-state index in [0.717, 1.165) is 18.0 Å². The van der Waals surface area contributed by atoms with Crippen LogP contribution in [0.5, 0.6) is 0 Å². The Hall–Kier alpha value is -2.74. The predicted molar refractivity (Wildman–Crippen MR) is 88.2 cm³/mol. The first-order chi connectivity index (χ1) is 12.0. The van der Waals surface area contributed by atoms with Crippen LogP contribution in [-0.2, 0) is 9.59 Å². The molecule has 25 heavy (non-hydrogen) atoms. The van der Waals surface area contributed by atoms with Crippen LogP contribution in [0.2, 0.25) is 0 Å². The van der Waals surface area contributed by atoms with E-state index in [1.54, 1.807) is 12.1 Å². The highest BCUT2D eigenvalue weighted by molar-refractivity contribution is 6.25. The monoisotopic (exact) mass is 342 g/mol. The number of piperidine rings is 1. The number of fused-ring (bicyclic) bond motifs is 1. The number of nitrogens with zero attached hydrogens (tertiary/aromatic N) is 2. The summed E-state index contributed by atoms with van der Waals surface area (Å²) in [5.41, 5.74) is 1.34. The van der Waals surface area contributed by atoms with Gasteiger partial charge in [0.25, 0.3) is 11.8 Å². The lowest BCUT2D eigenvalue weighted by atomic mass is 10.0. The topological polar surface area (TPSA) is 98.8 Å². The van der Waals surface area contributed by atoms with Crippen LogP contribution < -0.4 is 15.5 Å². The fourth-order valence-electron chi connectivity index (χ4n) is 3.54. The van der Waals surface area contributed by atoms with Crippen LogP contribution >= 0.6 is 0 Å². The molecule has 8 nitrogen and oxygen atoms in total. The molecule has 2 fully saturated rings. The van der Waals surface area contributed by atoms with Crippen molar-refractivity contribution in [2.24, 2.45) is 0 Å². The maximum absolute atomic E-state index is 13.0. The van der Waals surface area contributed by atoms with Crippen molar-refractivity contribution in [1.82, 2.24) is 15.5 Å². The number of hydrogen-bond donors (Lipinski definition) is 2. The van der Waals surface area contributed by atoms with Crippen molar-refractivity contribution < 1.29 is 19.2 Å². The van der Waals surface area contributed by atoms with Crippen LogP contribution in [0, 0.1) is 0 Å². The number of hydrogen-bond acceptors (Lipinski definition) is 6. The molecule has 1 aromatic carbocycles. The van der Waals surface area contributed by atoms with Crippen molar-refractivity contribution in [2.45, 2.75) is 24.9 Å². The molecule has 8 heteroatoms. The lowest BCUT2D eigenvalue weighted by molar-refractivity contribution is -0.136. The van der Waals surface area contributed by atoms with Crippen LogP contribution in [0.15, 0.2) is 18.2 Å². The van der Waals surface area contributed by atoms with Crippen molar-refractivity contribution in [3.63, 3.8) is 0 Å². The molecule has 2 saturated heterocycles. The summed E-state index contributed by atoms with van der Waals surface area (Å²) in [5.74, 6) is -1.92. The number of amides is 4. The summed E-state index contributed by atoms with van der Waals surface area (Å²) < 4.78 is 0. The van der Waals surface area contributed by atoms with E-state index in [1.165, 1.54) is 0 Å². The maximum atomic E-state index is 13.0. The Morgan fingerprint density at radius 2 is 1.88 bits per heavy atom. The Balaban J connectivity index is 1.70. The number of anilines is 1.